The number of nitrogens with zero attached hydrogens (tertiary/aromatic N) is 4. The topological polar surface area (TPSA) is 93.6 Å². The first-order valence-corrected chi connectivity index (χ1v) is 6.11. The van der Waals surface area contributed by atoms with Gasteiger partial charge in [0.2, 0.25) is 0 Å². The van der Waals surface area contributed by atoms with E-state index in [9.17, 15) is 0 Å². The summed E-state index contributed by atoms with van der Waals surface area (Å²) < 4.78 is 0. The van der Waals surface area contributed by atoms with Gasteiger partial charge >= 0.3 is 0 Å². The molecule has 2 aromatic rings. The summed E-state index contributed by atoms with van der Waals surface area (Å²) >= 11 is 5.51. The number of halogens is 1. The molecule has 0 aliphatic rings. The SMILES string of the molecule is N#Cc1cncc(CCl)c1.N#Cc1cncc(CO)c1. The highest BCUT2D eigenvalue weighted by atomic mass is 35.5. The van der Waals surface area contributed by atoms with Crippen molar-refractivity contribution in [2.24, 2.45) is 0 Å². The van der Waals surface area contributed by atoms with Crippen molar-refractivity contribution in [1.29, 1.82) is 10.5 Å². The Bertz CT molecular complexity index is 589. The smallest absolute Gasteiger partial charge is 0.101 e. The minimum absolute atomic E-state index is 0.0669. The normalized spacial score (nSPS) is 8.80. The van der Waals surface area contributed by atoms with E-state index in [1.165, 1.54) is 18.6 Å². The number of alkyl halides is 1. The first-order valence-electron chi connectivity index (χ1n) is 5.58. The molecule has 2 aromatic heterocycles. The second kappa shape index (κ2) is 8.60. The molecule has 0 amide bonds. The predicted octanol–water partition coefficient (Wildman–Crippen LogP) is 2.14. The molecule has 0 aromatic carbocycles. The van der Waals surface area contributed by atoms with E-state index in [0.717, 1.165) is 5.56 Å². The monoisotopic (exact) mass is 286 g/mol. The Morgan fingerprint density at radius 3 is 1.90 bits per heavy atom. The van der Waals surface area contributed by atoms with Gasteiger partial charge in [-0.15, -0.1) is 11.6 Å². The number of hydrogen-bond acceptors (Lipinski definition) is 5. The van der Waals surface area contributed by atoms with E-state index < -0.39 is 0 Å². The summed E-state index contributed by atoms with van der Waals surface area (Å²) in [5.74, 6) is 0.405. The number of rotatable bonds is 2. The predicted molar refractivity (Wildman–Crippen MR) is 73.4 cm³/mol. The maximum atomic E-state index is 8.61. The number of nitriles is 2. The van der Waals surface area contributed by atoms with Gasteiger partial charge in [0.05, 0.1) is 17.7 Å². The Hall–Kier alpha value is -2.47. The van der Waals surface area contributed by atoms with Gasteiger partial charge in [0, 0.05) is 30.7 Å². The summed E-state index contributed by atoms with van der Waals surface area (Å²) in [4.78, 5) is 7.56. The number of hydrogen-bond donors (Lipinski definition) is 1. The molecule has 20 heavy (non-hydrogen) atoms. The summed E-state index contributed by atoms with van der Waals surface area (Å²) in [6.45, 7) is -0.0669. The van der Waals surface area contributed by atoms with Crippen LogP contribution >= 0.6 is 11.6 Å². The van der Waals surface area contributed by atoms with Gasteiger partial charge < -0.3 is 5.11 Å². The van der Waals surface area contributed by atoms with E-state index in [2.05, 4.69) is 9.97 Å². The van der Waals surface area contributed by atoms with Gasteiger partial charge in [-0.1, -0.05) is 0 Å². The van der Waals surface area contributed by atoms with Crippen LogP contribution in [0, 0.1) is 22.7 Å². The minimum Gasteiger partial charge on any atom is -0.392 e. The fraction of sp³-hybridized carbons (Fsp3) is 0.143. The third-order valence-corrected chi connectivity index (χ3v) is 2.49. The molecular weight excluding hydrogens is 276 g/mol. The molecule has 2 rings (SSSR count). The quantitative estimate of drug-likeness (QED) is 0.854. The van der Waals surface area contributed by atoms with Crippen molar-refractivity contribution < 1.29 is 5.11 Å². The second-order valence-corrected chi connectivity index (χ2v) is 3.95. The fourth-order valence-corrected chi connectivity index (χ4v) is 1.40. The summed E-state index contributed by atoms with van der Waals surface area (Å²) in [6, 6.07) is 7.23. The molecule has 5 nitrogen and oxygen atoms in total. The van der Waals surface area contributed by atoms with Crippen molar-refractivity contribution in [3.8, 4) is 12.1 Å². The largest absolute Gasteiger partial charge is 0.392 e. The van der Waals surface area contributed by atoms with E-state index in [1.807, 2.05) is 12.1 Å². The van der Waals surface area contributed by atoms with Crippen LogP contribution < -0.4 is 0 Å². The van der Waals surface area contributed by atoms with E-state index in [0.29, 0.717) is 22.6 Å². The van der Waals surface area contributed by atoms with Gasteiger partial charge in [0.1, 0.15) is 12.1 Å². The zero-order chi connectivity index (χ0) is 14.8. The molecule has 2 heterocycles. The van der Waals surface area contributed by atoms with Crippen LogP contribution in [0.2, 0.25) is 0 Å². The standard InChI is InChI=1S/C7H5ClN2.C7H6N2O/c8-2-6-1-7(3-9)5-10-4-6;8-2-6-1-7(5-10)4-9-3-6/h1,4-5H,2H2;1,3-4,10H,5H2. The lowest BCUT2D eigenvalue weighted by molar-refractivity contribution is 0.281. The summed E-state index contributed by atoms with van der Waals surface area (Å²) in [5.41, 5.74) is 2.57. The highest BCUT2D eigenvalue weighted by Crippen LogP contribution is 2.03. The van der Waals surface area contributed by atoms with E-state index in [4.69, 9.17) is 27.2 Å². The Labute approximate surface area is 121 Å². The van der Waals surface area contributed by atoms with Crippen LogP contribution in [0.3, 0.4) is 0 Å². The van der Waals surface area contributed by atoms with Crippen molar-refractivity contribution in [3.63, 3.8) is 0 Å². The van der Waals surface area contributed by atoms with Crippen LogP contribution in [0.15, 0.2) is 36.9 Å². The molecule has 0 radical (unpaired) electrons. The first kappa shape index (κ1) is 15.6. The average molecular weight is 287 g/mol. The van der Waals surface area contributed by atoms with Crippen molar-refractivity contribution in [2.75, 3.05) is 0 Å². The van der Waals surface area contributed by atoms with Crippen LogP contribution in [0.4, 0.5) is 0 Å². The summed E-state index contributed by atoms with van der Waals surface area (Å²) in [7, 11) is 0. The van der Waals surface area contributed by atoms with Crippen LogP contribution in [0.25, 0.3) is 0 Å². The molecule has 0 aliphatic carbocycles. The fourth-order valence-electron chi connectivity index (χ4n) is 1.26. The first-order chi connectivity index (χ1) is 9.73. The Balaban J connectivity index is 0.000000200. The minimum atomic E-state index is -0.0669. The molecule has 0 unspecified atom stereocenters. The zero-order valence-electron chi connectivity index (χ0n) is 10.5. The number of aliphatic hydroxyl groups excluding tert-OH is 1. The molecule has 0 fully saturated rings. The second-order valence-electron chi connectivity index (χ2n) is 3.68. The molecule has 0 aliphatic heterocycles. The van der Waals surface area contributed by atoms with Crippen molar-refractivity contribution in [3.05, 3.63) is 59.2 Å². The molecule has 0 bridgehead atoms. The van der Waals surface area contributed by atoms with Gasteiger partial charge in [-0.05, 0) is 23.3 Å². The molecule has 6 heteroatoms. The van der Waals surface area contributed by atoms with Crippen LogP contribution in [0.1, 0.15) is 22.3 Å². The highest BCUT2D eigenvalue weighted by Gasteiger charge is 1.92. The Morgan fingerprint density at radius 1 is 0.950 bits per heavy atom. The number of pyridine rings is 2. The Morgan fingerprint density at radius 2 is 1.45 bits per heavy atom. The van der Waals surface area contributed by atoms with Crippen molar-refractivity contribution in [1.82, 2.24) is 9.97 Å². The molecule has 0 atom stereocenters. The zero-order valence-corrected chi connectivity index (χ0v) is 11.2. The molecule has 1 N–H and O–H groups in total. The Kier molecular flexibility index (Phi) is 6.70. The summed E-state index contributed by atoms with van der Waals surface area (Å²) in [5, 5.41) is 25.4. The molecule has 0 saturated carbocycles. The molecular formula is C14H11ClN4O. The van der Waals surface area contributed by atoms with Crippen LogP contribution in [-0.2, 0) is 12.5 Å². The van der Waals surface area contributed by atoms with Gasteiger partial charge in [-0.25, -0.2) is 0 Å². The summed E-state index contributed by atoms with van der Waals surface area (Å²) in [6.07, 6.45) is 6.14. The van der Waals surface area contributed by atoms with Gasteiger partial charge in [0.15, 0.2) is 0 Å². The molecule has 100 valence electrons. The lowest BCUT2D eigenvalue weighted by Gasteiger charge is -1.92. The molecule has 0 saturated heterocycles. The highest BCUT2D eigenvalue weighted by molar-refractivity contribution is 6.17. The maximum absolute atomic E-state index is 8.61. The van der Waals surface area contributed by atoms with E-state index in [-0.39, 0.29) is 6.61 Å². The van der Waals surface area contributed by atoms with Crippen LogP contribution in [-0.4, -0.2) is 15.1 Å². The third kappa shape index (κ3) is 5.03. The average Bonchev–Trinajstić information content (AvgIpc) is 2.55. The number of aliphatic hydroxyl groups is 1. The maximum Gasteiger partial charge on any atom is 0.101 e. The van der Waals surface area contributed by atoms with Gasteiger partial charge in [0.25, 0.3) is 0 Å². The number of aromatic nitrogens is 2. The lowest BCUT2D eigenvalue weighted by atomic mass is 10.2. The van der Waals surface area contributed by atoms with Gasteiger partial charge in [-0.3, -0.25) is 9.97 Å². The molecule has 0 spiro atoms. The van der Waals surface area contributed by atoms with Crippen molar-refractivity contribution >= 4 is 11.6 Å². The third-order valence-electron chi connectivity index (χ3n) is 2.18. The van der Waals surface area contributed by atoms with E-state index >= 15 is 0 Å². The van der Waals surface area contributed by atoms with Gasteiger partial charge in [-0.2, -0.15) is 10.5 Å². The van der Waals surface area contributed by atoms with Crippen LogP contribution in [0.5, 0.6) is 0 Å². The lowest BCUT2D eigenvalue weighted by Crippen LogP contribution is -1.85. The van der Waals surface area contributed by atoms with Crippen molar-refractivity contribution in [2.45, 2.75) is 12.5 Å². The van der Waals surface area contributed by atoms with E-state index in [1.54, 1.807) is 18.3 Å².